The van der Waals surface area contributed by atoms with E-state index in [4.69, 9.17) is 11.6 Å². The Hall–Kier alpha value is -1.89. The fourth-order valence-electron chi connectivity index (χ4n) is 2.53. The number of Topliss-reactive ketones (excluding diaryl/α,β-unsaturated/α-hetero) is 1. The van der Waals surface area contributed by atoms with Crippen LogP contribution < -0.4 is 10.4 Å². The summed E-state index contributed by atoms with van der Waals surface area (Å²) in [4.78, 5) is 11.9. The van der Waals surface area contributed by atoms with Crippen LogP contribution in [0.4, 0.5) is 5.69 Å². The first kappa shape index (κ1) is 17.0. The predicted octanol–water partition coefficient (Wildman–Crippen LogP) is 3.96. The van der Waals surface area contributed by atoms with Crippen LogP contribution in [0.25, 0.3) is 0 Å². The van der Waals surface area contributed by atoms with Crippen molar-refractivity contribution in [1.29, 1.82) is 0 Å². The van der Waals surface area contributed by atoms with Gasteiger partial charge < -0.3 is 0 Å². The van der Waals surface area contributed by atoms with E-state index >= 15 is 0 Å². The second kappa shape index (κ2) is 6.93. The Morgan fingerprint density at radius 3 is 2.58 bits per heavy atom. The van der Waals surface area contributed by atoms with Gasteiger partial charge in [0.2, 0.25) is 5.84 Å². The number of ketones is 1. The number of hydrazone groups is 1. The molecular weight excluding hydrogens is 392 g/mol. The first-order chi connectivity index (χ1) is 11.5. The molecule has 0 fully saturated rings. The molecule has 1 aliphatic rings. The molecule has 1 atom stereocenters. The molecule has 0 saturated carbocycles. The van der Waals surface area contributed by atoms with Crippen LogP contribution in [-0.4, -0.2) is 23.7 Å². The Morgan fingerprint density at radius 1 is 1.25 bits per heavy atom. The summed E-state index contributed by atoms with van der Waals surface area (Å²) in [6.45, 7) is 1.50. The van der Waals surface area contributed by atoms with Crippen LogP contribution in [0.5, 0.6) is 0 Å². The number of amidine groups is 1. The summed E-state index contributed by atoms with van der Waals surface area (Å²) in [5.74, 6) is 0.229. The van der Waals surface area contributed by atoms with Crippen molar-refractivity contribution in [2.75, 3.05) is 12.1 Å². The van der Waals surface area contributed by atoms with Crippen molar-refractivity contribution in [3.63, 3.8) is 0 Å². The van der Waals surface area contributed by atoms with Gasteiger partial charge in [0.15, 0.2) is 5.78 Å². The molecule has 2 aromatic rings. The SMILES string of the molecule is CC(=O)C1=NN(c2ccc(Cl)cc2)[C@@H](c2cccc(Br)c2)NN1C. The van der Waals surface area contributed by atoms with Crippen molar-refractivity contribution < 1.29 is 4.79 Å². The van der Waals surface area contributed by atoms with Crippen molar-refractivity contribution in [1.82, 2.24) is 10.4 Å². The number of benzene rings is 2. The number of rotatable bonds is 3. The molecule has 3 rings (SSSR count). The molecule has 2 aromatic carbocycles. The minimum absolute atomic E-state index is 0.114. The van der Waals surface area contributed by atoms with Crippen molar-refractivity contribution in [3.8, 4) is 0 Å². The molecule has 1 aliphatic heterocycles. The van der Waals surface area contributed by atoms with E-state index in [1.807, 2.05) is 36.4 Å². The summed E-state index contributed by atoms with van der Waals surface area (Å²) in [6, 6.07) is 15.3. The average Bonchev–Trinajstić information content (AvgIpc) is 2.55. The van der Waals surface area contributed by atoms with Crippen molar-refractivity contribution in [3.05, 3.63) is 63.6 Å². The summed E-state index contributed by atoms with van der Waals surface area (Å²) in [7, 11) is 1.78. The van der Waals surface area contributed by atoms with Gasteiger partial charge in [-0.15, -0.1) is 5.10 Å². The van der Waals surface area contributed by atoms with Crippen molar-refractivity contribution >= 4 is 44.8 Å². The molecule has 7 heteroatoms. The van der Waals surface area contributed by atoms with Gasteiger partial charge in [0.1, 0.15) is 6.17 Å². The summed E-state index contributed by atoms with van der Waals surface area (Å²) < 4.78 is 0.974. The lowest BCUT2D eigenvalue weighted by atomic mass is 10.1. The molecule has 0 aliphatic carbocycles. The molecule has 24 heavy (non-hydrogen) atoms. The predicted molar refractivity (Wildman–Crippen MR) is 99.8 cm³/mol. The highest BCUT2D eigenvalue weighted by atomic mass is 79.9. The largest absolute Gasteiger partial charge is 0.291 e. The van der Waals surface area contributed by atoms with Crippen LogP contribution in [0.2, 0.25) is 5.02 Å². The highest BCUT2D eigenvalue weighted by molar-refractivity contribution is 9.10. The first-order valence-electron chi connectivity index (χ1n) is 7.35. The zero-order valence-corrected chi connectivity index (χ0v) is 15.5. The van der Waals surface area contributed by atoms with Gasteiger partial charge >= 0.3 is 0 Å². The van der Waals surface area contributed by atoms with Crippen LogP contribution in [0, 0.1) is 0 Å². The van der Waals surface area contributed by atoms with Crippen LogP contribution in [0.15, 0.2) is 58.1 Å². The number of hydrazine groups is 1. The molecule has 0 aromatic heterocycles. The zero-order chi connectivity index (χ0) is 17.3. The number of hydrogen-bond donors (Lipinski definition) is 1. The van der Waals surface area contributed by atoms with E-state index in [-0.39, 0.29) is 11.9 Å². The van der Waals surface area contributed by atoms with E-state index in [1.165, 1.54) is 6.92 Å². The van der Waals surface area contributed by atoms with E-state index in [1.54, 1.807) is 29.2 Å². The standard InChI is InChI=1S/C17H16BrClN4O/c1-11(24)16-21-23(15-8-6-14(19)7-9-15)17(20-22(16)2)12-4-3-5-13(18)10-12/h3-10,17,20H,1-2H3/t17-/m0/s1. The van der Waals surface area contributed by atoms with Gasteiger partial charge in [0.05, 0.1) is 5.69 Å². The molecule has 124 valence electrons. The maximum Gasteiger partial charge on any atom is 0.206 e. The Balaban J connectivity index is 2.08. The average molecular weight is 408 g/mol. The summed E-state index contributed by atoms with van der Waals surface area (Å²) in [6.07, 6.45) is -0.253. The number of carbonyl (C=O) groups is 1. The molecule has 0 spiro atoms. The molecule has 0 radical (unpaired) electrons. The minimum Gasteiger partial charge on any atom is -0.291 e. The third kappa shape index (κ3) is 3.45. The Bertz CT molecular complexity index is 793. The summed E-state index contributed by atoms with van der Waals surface area (Å²) >= 11 is 9.49. The third-order valence-corrected chi connectivity index (χ3v) is 4.40. The van der Waals surface area contributed by atoms with E-state index < -0.39 is 0 Å². The van der Waals surface area contributed by atoms with Crippen LogP contribution in [0.3, 0.4) is 0 Å². The van der Waals surface area contributed by atoms with E-state index in [2.05, 4.69) is 26.5 Å². The molecule has 1 N–H and O–H groups in total. The van der Waals surface area contributed by atoms with Gasteiger partial charge in [0.25, 0.3) is 0 Å². The number of likely N-dealkylation sites (N-methyl/N-ethyl adjacent to an activating group) is 1. The van der Waals surface area contributed by atoms with Crippen LogP contribution in [0.1, 0.15) is 18.7 Å². The normalized spacial score (nSPS) is 17.7. The molecule has 5 nitrogen and oxygen atoms in total. The van der Waals surface area contributed by atoms with Gasteiger partial charge in [-0.2, -0.15) is 0 Å². The molecule has 0 amide bonds. The monoisotopic (exact) mass is 406 g/mol. The van der Waals surface area contributed by atoms with Crippen molar-refractivity contribution in [2.24, 2.45) is 5.10 Å². The fraction of sp³-hybridized carbons (Fsp3) is 0.176. The van der Waals surface area contributed by atoms with Gasteiger partial charge in [-0.05, 0) is 42.0 Å². The highest BCUT2D eigenvalue weighted by Gasteiger charge is 2.30. The number of nitrogens with one attached hydrogen (secondary N) is 1. The topological polar surface area (TPSA) is 47.9 Å². The van der Waals surface area contributed by atoms with E-state index in [0.717, 1.165) is 15.7 Å². The van der Waals surface area contributed by atoms with Crippen molar-refractivity contribution in [2.45, 2.75) is 13.1 Å². The number of carbonyl (C=O) groups excluding carboxylic acids is 1. The van der Waals surface area contributed by atoms with Crippen LogP contribution >= 0.6 is 27.5 Å². The molecule has 1 heterocycles. The summed E-state index contributed by atoms with van der Waals surface area (Å²) in [5.41, 5.74) is 5.16. The van der Waals surface area contributed by atoms with Gasteiger partial charge in [0, 0.05) is 23.5 Å². The fourth-order valence-corrected chi connectivity index (χ4v) is 3.07. The first-order valence-corrected chi connectivity index (χ1v) is 8.52. The Labute approximate surface area is 154 Å². The number of anilines is 1. The second-order valence-electron chi connectivity index (χ2n) is 5.45. The molecule has 0 unspecified atom stereocenters. The third-order valence-electron chi connectivity index (χ3n) is 3.65. The quantitative estimate of drug-likeness (QED) is 0.836. The Kier molecular flexibility index (Phi) is 4.89. The highest BCUT2D eigenvalue weighted by Crippen LogP contribution is 2.30. The lowest BCUT2D eigenvalue weighted by Crippen LogP contribution is -2.54. The summed E-state index contributed by atoms with van der Waals surface area (Å²) in [5, 5.41) is 8.64. The zero-order valence-electron chi connectivity index (χ0n) is 13.2. The minimum atomic E-state index is -0.253. The maximum atomic E-state index is 11.9. The maximum absolute atomic E-state index is 11.9. The van der Waals surface area contributed by atoms with Gasteiger partial charge in [-0.3, -0.25) is 9.80 Å². The van der Waals surface area contributed by atoms with Crippen LogP contribution in [-0.2, 0) is 4.79 Å². The smallest absolute Gasteiger partial charge is 0.206 e. The number of halogens is 2. The number of hydrogen-bond acceptors (Lipinski definition) is 5. The van der Waals surface area contributed by atoms with E-state index in [9.17, 15) is 4.79 Å². The van der Waals surface area contributed by atoms with Gasteiger partial charge in [-0.25, -0.2) is 10.4 Å². The molecule has 0 saturated heterocycles. The second-order valence-corrected chi connectivity index (χ2v) is 6.80. The lowest BCUT2D eigenvalue weighted by Gasteiger charge is -2.39. The van der Waals surface area contributed by atoms with E-state index in [0.29, 0.717) is 10.9 Å². The molecule has 0 bridgehead atoms. The Morgan fingerprint density at radius 2 is 1.96 bits per heavy atom. The van der Waals surface area contributed by atoms with Gasteiger partial charge in [-0.1, -0.05) is 39.7 Å². The lowest BCUT2D eigenvalue weighted by molar-refractivity contribution is -0.112. The number of nitrogens with zero attached hydrogens (tertiary/aromatic N) is 3. The molecular formula is C17H16BrClN4O.